The zero-order valence-electron chi connectivity index (χ0n) is 10.6. The van der Waals surface area contributed by atoms with Gasteiger partial charge in [0, 0.05) is 18.7 Å². The normalized spacial score (nSPS) is 10.5. The summed E-state index contributed by atoms with van der Waals surface area (Å²) < 4.78 is 26.4. The molecule has 0 saturated carbocycles. The van der Waals surface area contributed by atoms with E-state index in [0.717, 1.165) is 18.2 Å². The SMILES string of the molecule is O=C(O)c1ccccc1CNCc1cc(F)ccc1F. The summed E-state index contributed by atoms with van der Waals surface area (Å²) in [4.78, 5) is 11.0. The number of carbonyl (C=O) groups is 1. The van der Waals surface area contributed by atoms with E-state index in [0.29, 0.717) is 5.56 Å². The molecule has 2 aromatic carbocycles. The number of nitrogens with one attached hydrogen (secondary N) is 1. The van der Waals surface area contributed by atoms with E-state index < -0.39 is 17.6 Å². The Bertz CT molecular complexity index is 629. The molecule has 3 nitrogen and oxygen atoms in total. The molecule has 20 heavy (non-hydrogen) atoms. The maximum atomic E-state index is 13.4. The molecule has 0 saturated heterocycles. The van der Waals surface area contributed by atoms with E-state index >= 15 is 0 Å². The van der Waals surface area contributed by atoms with E-state index in [4.69, 9.17) is 5.11 Å². The van der Waals surface area contributed by atoms with Crippen LogP contribution in [0.1, 0.15) is 21.5 Å². The second kappa shape index (κ2) is 6.25. The molecule has 0 fully saturated rings. The fourth-order valence-electron chi connectivity index (χ4n) is 1.89. The molecule has 0 aliphatic carbocycles. The summed E-state index contributed by atoms with van der Waals surface area (Å²) in [7, 11) is 0. The van der Waals surface area contributed by atoms with Gasteiger partial charge in [0.1, 0.15) is 11.6 Å². The largest absolute Gasteiger partial charge is 0.478 e. The van der Waals surface area contributed by atoms with Gasteiger partial charge in [0.05, 0.1) is 5.56 Å². The summed E-state index contributed by atoms with van der Waals surface area (Å²) in [5, 5.41) is 11.9. The minimum Gasteiger partial charge on any atom is -0.478 e. The van der Waals surface area contributed by atoms with Gasteiger partial charge in [-0.1, -0.05) is 18.2 Å². The van der Waals surface area contributed by atoms with Gasteiger partial charge in [-0.25, -0.2) is 13.6 Å². The second-order valence-electron chi connectivity index (χ2n) is 4.30. The third-order valence-corrected chi connectivity index (χ3v) is 2.89. The highest BCUT2D eigenvalue weighted by Crippen LogP contribution is 2.11. The summed E-state index contributed by atoms with van der Waals surface area (Å²) in [6, 6.07) is 9.79. The molecule has 2 N–H and O–H groups in total. The van der Waals surface area contributed by atoms with E-state index in [9.17, 15) is 13.6 Å². The topological polar surface area (TPSA) is 49.3 Å². The molecule has 2 rings (SSSR count). The van der Waals surface area contributed by atoms with Crippen molar-refractivity contribution in [2.75, 3.05) is 0 Å². The van der Waals surface area contributed by atoms with Gasteiger partial charge in [-0.3, -0.25) is 0 Å². The van der Waals surface area contributed by atoms with Gasteiger partial charge in [-0.2, -0.15) is 0 Å². The molecule has 0 atom stereocenters. The van der Waals surface area contributed by atoms with E-state index in [1.165, 1.54) is 6.07 Å². The molecule has 0 aliphatic heterocycles. The van der Waals surface area contributed by atoms with Gasteiger partial charge in [0.2, 0.25) is 0 Å². The highest BCUT2D eigenvalue weighted by Gasteiger charge is 2.09. The first-order valence-electron chi connectivity index (χ1n) is 6.04. The van der Waals surface area contributed by atoms with Crippen molar-refractivity contribution >= 4 is 5.97 Å². The number of benzene rings is 2. The molecule has 0 aromatic heterocycles. The predicted molar refractivity (Wildman–Crippen MR) is 70.3 cm³/mol. The summed E-state index contributed by atoms with van der Waals surface area (Å²) in [5.74, 6) is -2.01. The van der Waals surface area contributed by atoms with Crippen LogP contribution in [0.25, 0.3) is 0 Å². The Morgan fingerprint density at radius 2 is 1.75 bits per heavy atom. The molecule has 0 amide bonds. The molecular formula is C15H13F2NO2. The standard InChI is InChI=1S/C15H13F2NO2/c16-12-5-6-14(17)11(7-12)9-18-8-10-3-1-2-4-13(10)15(19)20/h1-7,18H,8-9H2,(H,19,20). The van der Waals surface area contributed by atoms with Crippen LogP contribution in [-0.4, -0.2) is 11.1 Å². The molecule has 0 bridgehead atoms. The van der Waals surface area contributed by atoms with E-state index in [1.807, 2.05) is 0 Å². The molecule has 0 unspecified atom stereocenters. The molecule has 104 valence electrons. The maximum Gasteiger partial charge on any atom is 0.336 e. The second-order valence-corrected chi connectivity index (χ2v) is 4.30. The Labute approximate surface area is 114 Å². The lowest BCUT2D eigenvalue weighted by atomic mass is 10.1. The van der Waals surface area contributed by atoms with Crippen LogP contribution < -0.4 is 5.32 Å². The Morgan fingerprint density at radius 3 is 2.50 bits per heavy atom. The van der Waals surface area contributed by atoms with Crippen LogP contribution in [0.3, 0.4) is 0 Å². The Hall–Kier alpha value is -2.27. The van der Waals surface area contributed by atoms with Crippen molar-refractivity contribution in [2.45, 2.75) is 13.1 Å². The summed E-state index contributed by atoms with van der Waals surface area (Å²) in [6.45, 7) is 0.385. The number of halogens is 2. The number of rotatable bonds is 5. The fraction of sp³-hybridized carbons (Fsp3) is 0.133. The summed E-state index contributed by atoms with van der Waals surface area (Å²) >= 11 is 0. The van der Waals surface area contributed by atoms with Crippen LogP contribution >= 0.6 is 0 Å². The van der Waals surface area contributed by atoms with Gasteiger partial charge in [-0.15, -0.1) is 0 Å². The van der Waals surface area contributed by atoms with Crippen molar-refractivity contribution in [2.24, 2.45) is 0 Å². The zero-order chi connectivity index (χ0) is 14.5. The van der Waals surface area contributed by atoms with Crippen molar-refractivity contribution in [1.82, 2.24) is 5.32 Å². The highest BCUT2D eigenvalue weighted by atomic mass is 19.1. The first-order chi connectivity index (χ1) is 9.58. The van der Waals surface area contributed by atoms with E-state index in [-0.39, 0.29) is 24.2 Å². The van der Waals surface area contributed by atoms with E-state index in [2.05, 4.69) is 5.32 Å². The van der Waals surface area contributed by atoms with Crippen LogP contribution in [-0.2, 0) is 13.1 Å². The predicted octanol–water partition coefficient (Wildman–Crippen LogP) is 2.95. The molecule has 5 heteroatoms. The molecule has 2 aromatic rings. The van der Waals surface area contributed by atoms with Crippen molar-refractivity contribution < 1.29 is 18.7 Å². The number of hydrogen-bond acceptors (Lipinski definition) is 2. The maximum absolute atomic E-state index is 13.4. The van der Waals surface area contributed by atoms with Crippen LogP contribution in [0.5, 0.6) is 0 Å². The van der Waals surface area contributed by atoms with E-state index in [1.54, 1.807) is 18.2 Å². The van der Waals surface area contributed by atoms with Gasteiger partial charge in [0.25, 0.3) is 0 Å². The molecule has 0 spiro atoms. The Morgan fingerprint density at radius 1 is 1.05 bits per heavy atom. The highest BCUT2D eigenvalue weighted by molar-refractivity contribution is 5.89. The minimum absolute atomic E-state index is 0.123. The third-order valence-electron chi connectivity index (χ3n) is 2.89. The third kappa shape index (κ3) is 3.39. The van der Waals surface area contributed by atoms with Crippen LogP contribution in [0.2, 0.25) is 0 Å². The van der Waals surface area contributed by atoms with Crippen LogP contribution in [0.4, 0.5) is 8.78 Å². The van der Waals surface area contributed by atoms with Gasteiger partial charge < -0.3 is 10.4 Å². The minimum atomic E-state index is -1.01. The quantitative estimate of drug-likeness (QED) is 0.883. The molecular weight excluding hydrogens is 264 g/mol. The molecule has 0 radical (unpaired) electrons. The number of aromatic carboxylic acids is 1. The van der Waals surface area contributed by atoms with Crippen LogP contribution in [0.15, 0.2) is 42.5 Å². The average Bonchev–Trinajstić information content (AvgIpc) is 2.43. The monoisotopic (exact) mass is 277 g/mol. The lowest BCUT2D eigenvalue weighted by Gasteiger charge is -2.08. The lowest BCUT2D eigenvalue weighted by molar-refractivity contribution is 0.0695. The van der Waals surface area contributed by atoms with Gasteiger partial charge in [0.15, 0.2) is 0 Å². The lowest BCUT2D eigenvalue weighted by Crippen LogP contribution is -2.16. The number of hydrogen-bond donors (Lipinski definition) is 2. The molecule has 0 aliphatic rings. The van der Waals surface area contributed by atoms with Crippen molar-refractivity contribution in [3.63, 3.8) is 0 Å². The Balaban J connectivity index is 2.03. The van der Waals surface area contributed by atoms with Gasteiger partial charge >= 0.3 is 5.97 Å². The molecule has 0 heterocycles. The van der Waals surface area contributed by atoms with Crippen molar-refractivity contribution in [1.29, 1.82) is 0 Å². The smallest absolute Gasteiger partial charge is 0.336 e. The van der Waals surface area contributed by atoms with Crippen molar-refractivity contribution in [3.8, 4) is 0 Å². The van der Waals surface area contributed by atoms with Crippen LogP contribution in [0, 0.1) is 11.6 Å². The zero-order valence-corrected chi connectivity index (χ0v) is 10.6. The average molecular weight is 277 g/mol. The number of carboxylic acids is 1. The van der Waals surface area contributed by atoms with Gasteiger partial charge in [-0.05, 0) is 29.8 Å². The number of carboxylic acid groups (broad SMARTS) is 1. The summed E-state index contributed by atoms with van der Waals surface area (Å²) in [5.41, 5.74) is 0.995. The Kier molecular flexibility index (Phi) is 4.42. The first-order valence-corrected chi connectivity index (χ1v) is 6.04. The summed E-state index contributed by atoms with van der Waals surface area (Å²) in [6.07, 6.45) is 0. The van der Waals surface area contributed by atoms with Crippen molar-refractivity contribution in [3.05, 3.63) is 70.8 Å². The first kappa shape index (κ1) is 14.1. The fourth-order valence-corrected chi connectivity index (χ4v) is 1.89.